The smallest absolute Gasteiger partial charge is 0.305 e. The Morgan fingerprint density at radius 3 is 2.23 bits per heavy atom. The molecule has 1 aliphatic heterocycles. The number of primary amides is 1. The largest absolute Gasteiger partial charge is 0.508 e. The molecule has 0 unspecified atom stereocenters. The molecule has 40 heavy (non-hydrogen) atoms. The van der Waals surface area contributed by atoms with Gasteiger partial charge in [-0.2, -0.15) is 0 Å². The predicted octanol–water partition coefficient (Wildman–Crippen LogP) is -1.76. The average molecular weight is 561 g/mol. The summed E-state index contributed by atoms with van der Waals surface area (Å²) in [6, 6.07) is -0.0711. The van der Waals surface area contributed by atoms with Gasteiger partial charge in [0.05, 0.1) is 12.5 Å². The summed E-state index contributed by atoms with van der Waals surface area (Å²) in [6.45, 7) is 0. The normalized spacial score (nSPS) is 16.3. The highest BCUT2D eigenvalue weighted by Crippen LogP contribution is 2.13. The van der Waals surface area contributed by atoms with Gasteiger partial charge in [0.25, 0.3) is 0 Å². The number of carboxylic acid groups (broad SMARTS) is 1. The Labute approximate surface area is 226 Å². The zero-order valence-corrected chi connectivity index (χ0v) is 21.0. The third kappa shape index (κ3) is 9.94. The summed E-state index contributed by atoms with van der Waals surface area (Å²) >= 11 is 0. The Balaban J connectivity index is 2.21. The number of phenols is 1. The highest BCUT2D eigenvalue weighted by atomic mass is 16.4. The number of amides is 6. The second kappa shape index (κ2) is 14.7. The van der Waals surface area contributed by atoms with Crippen LogP contribution in [0.1, 0.15) is 37.7 Å². The van der Waals surface area contributed by atoms with Crippen molar-refractivity contribution in [1.82, 2.24) is 21.3 Å². The number of nitrogens with zero attached hydrogens (tertiary/aromatic N) is 3. The van der Waals surface area contributed by atoms with Crippen molar-refractivity contribution in [2.45, 2.75) is 62.7 Å². The number of phenolic OH excluding ortho intramolecular Hbond substituents is 1. The number of hydrogen-bond donors (Lipinski definition) is 7. The van der Waals surface area contributed by atoms with Crippen molar-refractivity contribution >= 4 is 41.4 Å². The number of aromatic hydroxyl groups is 1. The van der Waals surface area contributed by atoms with E-state index in [4.69, 9.17) is 11.3 Å². The first-order valence-electron chi connectivity index (χ1n) is 12.0. The minimum Gasteiger partial charge on any atom is -0.508 e. The molecule has 1 heterocycles. The Morgan fingerprint density at radius 1 is 1.05 bits per heavy atom. The fraction of sp³-hybridized carbons (Fsp3) is 0.435. The Morgan fingerprint density at radius 2 is 1.68 bits per heavy atom. The van der Waals surface area contributed by atoms with E-state index in [-0.39, 0.29) is 43.8 Å². The summed E-state index contributed by atoms with van der Waals surface area (Å²) in [5.74, 6) is -6.71. The van der Waals surface area contributed by atoms with Gasteiger partial charge in [-0.25, -0.2) is 0 Å². The first-order valence-corrected chi connectivity index (χ1v) is 12.0. The number of azide groups is 1. The molecule has 0 radical (unpaired) electrons. The van der Waals surface area contributed by atoms with Gasteiger partial charge in [-0.15, -0.1) is 0 Å². The van der Waals surface area contributed by atoms with Crippen molar-refractivity contribution in [1.29, 1.82) is 0 Å². The maximum Gasteiger partial charge on any atom is 0.305 e. The molecule has 1 fully saturated rings. The van der Waals surface area contributed by atoms with E-state index in [0.717, 1.165) is 0 Å². The highest BCUT2D eigenvalue weighted by molar-refractivity contribution is 5.97. The number of carboxylic acids is 1. The van der Waals surface area contributed by atoms with Gasteiger partial charge < -0.3 is 37.2 Å². The molecule has 0 bridgehead atoms. The summed E-state index contributed by atoms with van der Waals surface area (Å²) in [5, 5.41) is 30.9. The molecule has 1 aromatic carbocycles. The van der Waals surface area contributed by atoms with Crippen LogP contribution in [0.4, 0.5) is 0 Å². The van der Waals surface area contributed by atoms with Crippen LogP contribution in [-0.2, 0) is 40.0 Å². The van der Waals surface area contributed by atoms with Crippen molar-refractivity contribution in [3.63, 3.8) is 0 Å². The van der Waals surface area contributed by atoms with E-state index >= 15 is 0 Å². The van der Waals surface area contributed by atoms with Gasteiger partial charge in [0.15, 0.2) is 0 Å². The van der Waals surface area contributed by atoms with Crippen molar-refractivity contribution in [2.75, 3.05) is 0 Å². The second-order valence-corrected chi connectivity index (χ2v) is 8.84. The van der Waals surface area contributed by atoms with Crippen molar-refractivity contribution in [2.24, 2.45) is 10.8 Å². The maximum absolute atomic E-state index is 13.0. The zero-order chi connectivity index (χ0) is 29.8. The molecular formula is C23H28N8O9. The number of benzene rings is 1. The van der Waals surface area contributed by atoms with E-state index < -0.39 is 66.1 Å². The predicted molar refractivity (Wildman–Crippen MR) is 134 cm³/mol. The van der Waals surface area contributed by atoms with Crippen LogP contribution in [0.5, 0.6) is 5.75 Å². The number of nitrogens with one attached hydrogen (secondary N) is 4. The number of aliphatic carboxylic acids is 1. The molecule has 17 nitrogen and oxygen atoms in total. The molecule has 214 valence electrons. The number of carbonyl (C=O) groups excluding carboxylic acids is 6. The van der Waals surface area contributed by atoms with E-state index in [9.17, 15) is 43.8 Å². The van der Waals surface area contributed by atoms with Crippen LogP contribution in [0.15, 0.2) is 29.4 Å². The molecular weight excluding hydrogens is 532 g/mol. The van der Waals surface area contributed by atoms with Gasteiger partial charge in [0, 0.05) is 17.8 Å². The molecule has 1 aromatic rings. The Kier molecular flexibility index (Phi) is 11.4. The van der Waals surface area contributed by atoms with Crippen LogP contribution in [0.3, 0.4) is 0 Å². The number of hydrogen-bond acceptors (Lipinski definition) is 8. The van der Waals surface area contributed by atoms with E-state index in [1.54, 1.807) is 0 Å². The summed E-state index contributed by atoms with van der Waals surface area (Å²) in [7, 11) is 0. The second-order valence-electron chi connectivity index (χ2n) is 8.84. The van der Waals surface area contributed by atoms with Crippen molar-refractivity contribution in [3.05, 3.63) is 40.3 Å². The highest BCUT2D eigenvalue weighted by Gasteiger charge is 2.33. The van der Waals surface area contributed by atoms with Crippen molar-refractivity contribution in [3.8, 4) is 5.75 Å². The quantitative estimate of drug-likeness (QED) is 0.0769. The van der Waals surface area contributed by atoms with Crippen molar-refractivity contribution < 1.29 is 43.8 Å². The summed E-state index contributed by atoms with van der Waals surface area (Å²) in [6.07, 6.45) is -1.53. The lowest BCUT2D eigenvalue weighted by Gasteiger charge is -2.24. The monoisotopic (exact) mass is 560 g/mol. The van der Waals surface area contributed by atoms with Crippen LogP contribution < -0.4 is 27.0 Å². The Bertz CT molecular complexity index is 1210. The number of rotatable bonds is 14. The summed E-state index contributed by atoms with van der Waals surface area (Å²) in [4.78, 5) is 87.5. The lowest BCUT2D eigenvalue weighted by atomic mass is 10.0. The van der Waals surface area contributed by atoms with Gasteiger partial charge in [-0.1, -0.05) is 12.1 Å². The van der Waals surface area contributed by atoms with Crippen LogP contribution in [0, 0.1) is 0 Å². The van der Waals surface area contributed by atoms with Gasteiger partial charge in [-0.3, -0.25) is 33.6 Å². The minimum absolute atomic E-state index is 0.0664. The molecule has 6 amide bonds. The first kappa shape index (κ1) is 31.0. The van der Waals surface area contributed by atoms with Gasteiger partial charge >= 0.3 is 5.97 Å². The Hall–Kier alpha value is -5.18. The molecule has 0 aliphatic carbocycles. The van der Waals surface area contributed by atoms with Gasteiger partial charge in [-0.05, 0) is 47.6 Å². The van der Waals surface area contributed by atoms with Crippen LogP contribution in [0.2, 0.25) is 0 Å². The molecule has 8 N–H and O–H groups in total. The molecule has 1 saturated heterocycles. The lowest BCUT2D eigenvalue weighted by molar-refractivity contribution is -0.141. The topological polar surface area (TPSA) is 283 Å². The number of carbonyl (C=O) groups is 7. The van der Waals surface area contributed by atoms with E-state index in [0.29, 0.717) is 5.56 Å². The standard InChI is InChI=1S/C23H28N8O9/c24-17(33)7-5-14(27-20(37)13-6-8-18(34)26-13)21(38)29-16(10-19(35)36)22(39)28-15(23(40)30-31-25)9-11-1-3-12(32)4-2-11/h1-4,13-16,32H,5-10H2,(H2,24,33)(H,26,34)(H,27,37)(H,28,39)(H,29,38)(H,35,36)/t13-,14-,15-,16-/m0/s1. The van der Waals surface area contributed by atoms with Crippen LogP contribution in [0.25, 0.3) is 10.4 Å². The SMILES string of the molecule is [N-]=[N+]=NC(=O)[C@H](Cc1ccc(O)cc1)NC(=O)[C@H](CC(=O)O)NC(=O)[C@H](CCC(N)=O)NC(=O)[C@@H]1CCC(=O)N1. The molecule has 0 aromatic heterocycles. The van der Waals surface area contributed by atoms with E-state index in [1.165, 1.54) is 24.3 Å². The average Bonchev–Trinajstić information content (AvgIpc) is 3.32. The number of nitrogens with two attached hydrogens (primary N) is 1. The molecule has 1 aliphatic rings. The third-order valence-corrected chi connectivity index (χ3v) is 5.77. The molecule has 17 heteroatoms. The zero-order valence-electron chi connectivity index (χ0n) is 21.0. The first-order chi connectivity index (χ1) is 18.9. The fourth-order valence-corrected chi connectivity index (χ4v) is 3.75. The van der Waals surface area contributed by atoms with Crippen LogP contribution >= 0.6 is 0 Å². The van der Waals surface area contributed by atoms with Gasteiger partial charge in [0.2, 0.25) is 35.4 Å². The van der Waals surface area contributed by atoms with Gasteiger partial charge in [0.1, 0.15) is 23.9 Å². The molecule has 0 saturated carbocycles. The third-order valence-electron chi connectivity index (χ3n) is 5.77. The van der Waals surface area contributed by atoms with E-state index in [2.05, 4.69) is 31.3 Å². The minimum atomic E-state index is -1.76. The molecule has 2 rings (SSSR count). The molecule has 0 spiro atoms. The maximum atomic E-state index is 13.0. The molecule has 4 atom stereocenters. The summed E-state index contributed by atoms with van der Waals surface area (Å²) in [5.41, 5.74) is 14.2. The lowest BCUT2D eigenvalue weighted by Crippen LogP contribution is -2.57. The summed E-state index contributed by atoms with van der Waals surface area (Å²) < 4.78 is 0. The van der Waals surface area contributed by atoms with Crippen LogP contribution in [-0.4, -0.2) is 75.8 Å². The fourth-order valence-electron chi connectivity index (χ4n) is 3.75. The van der Waals surface area contributed by atoms with E-state index in [1.807, 2.05) is 0 Å².